The maximum absolute atomic E-state index is 14.0. The van der Waals surface area contributed by atoms with Gasteiger partial charge in [-0.3, -0.25) is 9.80 Å². The zero-order valence-electron chi connectivity index (χ0n) is 10.7. The van der Waals surface area contributed by atoms with Crippen LogP contribution >= 0.6 is 0 Å². The molecular weight excluding hydrogens is 245 g/mol. The number of hydrogen-bond acceptors (Lipinski definition) is 4. The Morgan fingerprint density at radius 3 is 2.89 bits per heavy atom. The van der Waals surface area contributed by atoms with E-state index in [0.29, 0.717) is 18.7 Å². The largest absolute Gasteiger partial charge is 0.296 e. The number of benzene rings is 1. The van der Waals surface area contributed by atoms with Crippen molar-refractivity contribution in [3.8, 4) is 0 Å². The van der Waals surface area contributed by atoms with E-state index in [1.165, 1.54) is 0 Å². The summed E-state index contributed by atoms with van der Waals surface area (Å²) in [5.41, 5.74) is 4.06. The van der Waals surface area contributed by atoms with Gasteiger partial charge in [-0.2, -0.15) is 0 Å². The molecule has 1 fully saturated rings. The summed E-state index contributed by atoms with van der Waals surface area (Å²) in [5, 5.41) is 1.72. The lowest BCUT2D eigenvalue weighted by atomic mass is 10.0. The molecule has 2 aliphatic heterocycles. The van der Waals surface area contributed by atoms with Gasteiger partial charge >= 0.3 is 0 Å². The third-order valence-corrected chi connectivity index (χ3v) is 3.63. The molecule has 2 aliphatic rings. The summed E-state index contributed by atoms with van der Waals surface area (Å²) in [4.78, 5) is 15.9. The minimum atomic E-state index is -1.10. The van der Waals surface area contributed by atoms with Crippen LogP contribution in [0.25, 0.3) is 0 Å². The number of halogens is 1. The summed E-state index contributed by atoms with van der Waals surface area (Å²) in [6.45, 7) is 1.79. The van der Waals surface area contributed by atoms with Crippen molar-refractivity contribution in [2.24, 2.45) is 4.99 Å². The molecule has 4 nitrogen and oxygen atoms in total. The SMILES string of the molecule is CCC(=O)C1N=C2C(F)CC(c3ccccc3)N2N1. The second-order valence-electron chi connectivity index (χ2n) is 4.84. The zero-order chi connectivity index (χ0) is 13.4. The normalized spacial score (nSPS) is 29.3. The topological polar surface area (TPSA) is 44.7 Å². The lowest BCUT2D eigenvalue weighted by molar-refractivity contribution is -0.121. The molecule has 1 aromatic carbocycles. The van der Waals surface area contributed by atoms with Crippen LogP contribution < -0.4 is 5.43 Å². The van der Waals surface area contributed by atoms with Gasteiger partial charge in [0.15, 0.2) is 24.0 Å². The maximum atomic E-state index is 14.0. The van der Waals surface area contributed by atoms with Crippen molar-refractivity contribution in [1.82, 2.24) is 10.4 Å². The van der Waals surface area contributed by atoms with Gasteiger partial charge in [-0.1, -0.05) is 37.3 Å². The fourth-order valence-electron chi connectivity index (χ4n) is 2.61. The molecule has 2 heterocycles. The number of ketones is 1. The minimum Gasteiger partial charge on any atom is -0.296 e. The van der Waals surface area contributed by atoms with Gasteiger partial charge in [0, 0.05) is 12.8 Å². The molecule has 3 atom stereocenters. The number of hydrazine groups is 1. The van der Waals surface area contributed by atoms with E-state index in [4.69, 9.17) is 0 Å². The number of alkyl halides is 1. The van der Waals surface area contributed by atoms with E-state index in [0.717, 1.165) is 5.56 Å². The summed E-state index contributed by atoms with van der Waals surface area (Å²) in [6, 6.07) is 9.64. The molecule has 0 aromatic heterocycles. The molecule has 3 rings (SSSR count). The Bertz CT molecular complexity index is 517. The first-order chi connectivity index (χ1) is 9.20. The Hall–Kier alpha value is -1.75. The number of carbonyl (C=O) groups excluding carboxylic acids is 1. The smallest absolute Gasteiger partial charge is 0.177 e. The van der Waals surface area contributed by atoms with E-state index in [2.05, 4.69) is 10.4 Å². The molecular formula is C14H16FN3O. The van der Waals surface area contributed by atoms with Gasteiger partial charge in [0.1, 0.15) is 0 Å². The van der Waals surface area contributed by atoms with E-state index < -0.39 is 12.3 Å². The van der Waals surface area contributed by atoms with Gasteiger partial charge in [0.05, 0.1) is 6.04 Å². The predicted octanol–water partition coefficient (Wildman–Crippen LogP) is 1.99. The standard InChI is InChI=1S/C14H16FN3O/c1-2-12(19)13-16-14-10(15)8-11(18(14)17-13)9-6-4-3-5-7-9/h3-7,10-11,13,17H,2,8H2,1H3. The lowest BCUT2D eigenvalue weighted by Crippen LogP contribution is -2.42. The number of nitrogens with one attached hydrogen (secondary N) is 1. The number of amidine groups is 1. The van der Waals surface area contributed by atoms with Gasteiger partial charge in [-0.05, 0) is 5.56 Å². The highest BCUT2D eigenvalue weighted by molar-refractivity contribution is 5.95. The van der Waals surface area contributed by atoms with Crippen molar-refractivity contribution in [1.29, 1.82) is 0 Å². The maximum Gasteiger partial charge on any atom is 0.177 e. The summed E-state index contributed by atoms with van der Waals surface area (Å²) in [6.07, 6.45) is -0.949. The molecule has 1 N–H and O–H groups in total. The Morgan fingerprint density at radius 1 is 1.47 bits per heavy atom. The molecule has 0 bridgehead atoms. The molecule has 0 aliphatic carbocycles. The molecule has 1 aromatic rings. The van der Waals surface area contributed by atoms with Crippen LogP contribution in [0.3, 0.4) is 0 Å². The van der Waals surface area contributed by atoms with Gasteiger partial charge in [-0.15, -0.1) is 0 Å². The van der Waals surface area contributed by atoms with E-state index in [-0.39, 0.29) is 11.8 Å². The number of carbonyl (C=O) groups is 1. The number of hydrogen-bond donors (Lipinski definition) is 1. The van der Waals surface area contributed by atoms with E-state index in [1.54, 1.807) is 11.9 Å². The predicted molar refractivity (Wildman–Crippen MR) is 70.2 cm³/mol. The summed E-state index contributed by atoms with van der Waals surface area (Å²) >= 11 is 0. The summed E-state index contributed by atoms with van der Waals surface area (Å²) in [7, 11) is 0. The molecule has 0 amide bonds. The number of fused-ring (bicyclic) bond motifs is 1. The molecule has 0 radical (unpaired) electrons. The quantitative estimate of drug-likeness (QED) is 0.905. The second kappa shape index (κ2) is 4.74. The minimum absolute atomic E-state index is 0.0130. The fraction of sp³-hybridized carbons (Fsp3) is 0.429. The van der Waals surface area contributed by atoms with E-state index in [1.807, 2.05) is 30.3 Å². The van der Waals surface area contributed by atoms with Crippen molar-refractivity contribution in [2.75, 3.05) is 0 Å². The van der Waals surface area contributed by atoms with Gasteiger partial charge in [0.25, 0.3) is 0 Å². The van der Waals surface area contributed by atoms with Gasteiger partial charge < -0.3 is 0 Å². The van der Waals surface area contributed by atoms with Crippen molar-refractivity contribution < 1.29 is 9.18 Å². The third-order valence-electron chi connectivity index (χ3n) is 3.63. The van der Waals surface area contributed by atoms with Gasteiger partial charge in [-0.25, -0.2) is 14.8 Å². The van der Waals surface area contributed by atoms with Crippen LogP contribution in [0.2, 0.25) is 0 Å². The van der Waals surface area contributed by atoms with Crippen LogP contribution in [0, 0.1) is 0 Å². The van der Waals surface area contributed by atoms with E-state index >= 15 is 0 Å². The van der Waals surface area contributed by atoms with Crippen LogP contribution in [0.4, 0.5) is 4.39 Å². The molecule has 1 saturated heterocycles. The van der Waals surface area contributed by atoms with Crippen molar-refractivity contribution in [2.45, 2.75) is 38.1 Å². The number of rotatable bonds is 3. The Labute approximate surface area is 111 Å². The number of Topliss-reactive ketones (excluding diaryl/α,β-unsaturated/α-hetero) is 1. The monoisotopic (exact) mass is 261 g/mol. The third kappa shape index (κ3) is 2.04. The Kier molecular flexibility index (Phi) is 3.06. The van der Waals surface area contributed by atoms with Crippen molar-refractivity contribution >= 4 is 11.6 Å². The molecule has 3 unspecified atom stereocenters. The average molecular weight is 261 g/mol. The highest BCUT2D eigenvalue weighted by Crippen LogP contribution is 2.36. The first-order valence-corrected chi connectivity index (χ1v) is 6.55. The van der Waals surface area contributed by atoms with E-state index in [9.17, 15) is 9.18 Å². The first-order valence-electron chi connectivity index (χ1n) is 6.55. The van der Waals surface area contributed by atoms with Crippen molar-refractivity contribution in [3.05, 3.63) is 35.9 Å². The molecule has 5 heteroatoms. The molecule has 19 heavy (non-hydrogen) atoms. The lowest BCUT2D eigenvalue weighted by Gasteiger charge is -2.24. The molecule has 0 spiro atoms. The van der Waals surface area contributed by atoms with Crippen LogP contribution in [0.1, 0.15) is 31.4 Å². The number of aliphatic imine (C=N–C) groups is 1. The van der Waals surface area contributed by atoms with Crippen LogP contribution in [-0.2, 0) is 4.79 Å². The summed E-state index contributed by atoms with van der Waals surface area (Å²) < 4.78 is 14.0. The van der Waals surface area contributed by atoms with Crippen LogP contribution in [0.15, 0.2) is 35.3 Å². The van der Waals surface area contributed by atoms with Crippen LogP contribution in [-0.4, -0.2) is 29.0 Å². The van der Waals surface area contributed by atoms with Crippen LogP contribution in [0.5, 0.6) is 0 Å². The highest BCUT2D eigenvalue weighted by Gasteiger charge is 2.44. The zero-order valence-corrected chi connectivity index (χ0v) is 10.7. The summed E-state index contributed by atoms with van der Waals surface area (Å²) in [5.74, 6) is 0.349. The van der Waals surface area contributed by atoms with Crippen molar-refractivity contribution in [3.63, 3.8) is 0 Å². The average Bonchev–Trinajstić information content (AvgIpc) is 3.00. The first kappa shape index (κ1) is 12.3. The number of nitrogens with zero attached hydrogens (tertiary/aromatic N) is 2. The highest BCUT2D eigenvalue weighted by atomic mass is 19.1. The Morgan fingerprint density at radius 2 is 2.21 bits per heavy atom. The second-order valence-corrected chi connectivity index (χ2v) is 4.84. The van der Waals surface area contributed by atoms with Gasteiger partial charge in [0.2, 0.25) is 0 Å². The molecule has 100 valence electrons. The fourth-order valence-corrected chi connectivity index (χ4v) is 2.61. The molecule has 0 saturated carbocycles. The Balaban J connectivity index is 1.86.